The van der Waals surface area contributed by atoms with Gasteiger partial charge in [0.25, 0.3) is 0 Å². The highest BCUT2D eigenvalue weighted by Crippen LogP contribution is 2.11. The highest BCUT2D eigenvalue weighted by atomic mass is 16.5. The highest BCUT2D eigenvalue weighted by molar-refractivity contribution is 5.76. The monoisotopic (exact) mass is 286 g/mol. The number of methoxy groups -OCH3 is 1. The summed E-state index contributed by atoms with van der Waals surface area (Å²) in [5, 5.41) is 2.86. The SMILES string of the molecule is CCCCOC(=O)NC1CCN(C(=O)CCOC)CC1. The van der Waals surface area contributed by atoms with Gasteiger partial charge in [-0.05, 0) is 19.3 Å². The number of amides is 2. The van der Waals surface area contributed by atoms with E-state index in [1.807, 2.05) is 4.90 Å². The third-order valence-electron chi connectivity index (χ3n) is 3.42. The van der Waals surface area contributed by atoms with Gasteiger partial charge in [0.2, 0.25) is 5.91 Å². The van der Waals surface area contributed by atoms with Crippen molar-refractivity contribution in [3.05, 3.63) is 0 Å². The normalized spacial score (nSPS) is 16.0. The van der Waals surface area contributed by atoms with Gasteiger partial charge in [-0.3, -0.25) is 4.79 Å². The summed E-state index contributed by atoms with van der Waals surface area (Å²) in [5.74, 6) is 0.121. The fourth-order valence-electron chi connectivity index (χ4n) is 2.14. The predicted molar refractivity (Wildman–Crippen MR) is 75.5 cm³/mol. The Kier molecular flexibility index (Phi) is 8.02. The lowest BCUT2D eigenvalue weighted by molar-refractivity contribution is -0.133. The van der Waals surface area contributed by atoms with Crippen LogP contribution in [0.3, 0.4) is 0 Å². The minimum absolute atomic E-state index is 0.107. The number of likely N-dealkylation sites (tertiary alicyclic amines) is 1. The Bertz CT molecular complexity index is 302. The van der Waals surface area contributed by atoms with Gasteiger partial charge in [0, 0.05) is 26.2 Å². The Morgan fingerprint density at radius 3 is 2.55 bits per heavy atom. The van der Waals surface area contributed by atoms with Gasteiger partial charge < -0.3 is 19.7 Å². The first-order valence-electron chi connectivity index (χ1n) is 7.37. The van der Waals surface area contributed by atoms with E-state index in [9.17, 15) is 9.59 Å². The van der Waals surface area contributed by atoms with Gasteiger partial charge in [-0.25, -0.2) is 4.79 Å². The molecule has 6 heteroatoms. The van der Waals surface area contributed by atoms with Crippen molar-refractivity contribution in [3.63, 3.8) is 0 Å². The van der Waals surface area contributed by atoms with E-state index in [1.165, 1.54) is 0 Å². The second-order valence-corrected chi connectivity index (χ2v) is 5.03. The molecule has 0 aromatic rings. The van der Waals surface area contributed by atoms with Gasteiger partial charge >= 0.3 is 6.09 Å². The fraction of sp³-hybridized carbons (Fsp3) is 0.857. The molecule has 2 amide bonds. The van der Waals surface area contributed by atoms with Crippen LogP contribution in [0.5, 0.6) is 0 Å². The van der Waals surface area contributed by atoms with Crippen LogP contribution in [0.4, 0.5) is 4.79 Å². The van der Waals surface area contributed by atoms with Crippen LogP contribution in [0.15, 0.2) is 0 Å². The number of nitrogens with zero attached hydrogens (tertiary/aromatic N) is 1. The Morgan fingerprint density at radius 2 is 1.95 bits per heavy atom. The molecule has 1 rings (SSSR count). The molecule has 1 aliphatic heterocycles. The van der Waals surface area contributed by atoms with Gasteiger partial charge in [0.1, 0.15) is 0 Å². The molecule has 1 saturated heterocycles. The molecule has 0 spiro atoms. The molecule has 6 nitrogen and oxygen atoms in total. The third-order valence-corrected chi connectivity index (χ3v) is 3.42. The topological polar surface area (TPSA) is 67.9 Å². The average Bonchev–Trinajstić information content (AvgIpc) is 2.46. The quantitative estimate of drug-likeness (QED) is 0.721. The van der Waals surface area contributed by atoms with Gasteiger partial charge in [-0.2, -0.15) is 0 Å². The van der Waals surface area contributed by atoms with Crippen LogP contribution in [0.2, 0.25) is 0 Å². The van der Waals surface area contributed by atoms with Crippen LogP contribution in [-0.2, 0) is 14.3 Å². The number of unbranched alkanes of at least 4 members (excludes halogenated alkanes) is 1. The summed E-state index contributed by atoms with van der Waals surface area (Å²) in [6.07, 6.45) is 3.54. The van der Waals surface area contributed by atoms with Crippen LogP contribution >= 0.6 is 0 Å². The number of carbonyl (C=O) groups excluding carboxylic acids is 2. The van der Waals surface area contributed by atoms with Crippen molar-refractivity contribution in [2.75, 3.05) is 33.4 Å². The van der Waals surface area contributed by atoms with Gasteiger partial charge in [0.05, 0.1) is 19.6 Å². The van der Waals surface area contributed by atoms with Crippen molar-refractivity contribution in [2.45, 2.75) is 45.1 Å². The Hall–Kier alpha value is -1.30. The van der Waals surface area contributed by atoms with E-state index < -0.39 is 0 Å². The summed E-state index contributed by atoms with van der Waals surface area (Å²) in [6.45, 7) is 4.35. The second kappa shape index (κ2) is 9.58. The Balaban J connectivity index is 2.18. The molecule has 1 N–H and O–H groups in total. The first-order valence-corrected chi connectivity index (χ1v) is 7.37. The van der Waals surface area contributed by atoms with Gasteiger partial charge in [-0.15, -0.1) is 0 Å². The number of rotatable bonds is 7. The molecule has 0 unspecified atom stereocenters. The molecule has 0 aliphatic carbocycles. The van der Waals surface area contributed by atoms with Crippen LogP contribution in [0.1, 0.15) is 39.0 Å². The van der Waals surface area contributed by atoms with E-state index in [1.54, 1.807) is 7.11 Å². The fourth-order valence-corrected chi connectivity index (χ4v) is 2.14. The van der Waals surface area contributed by atoms with Crippen LogP contribution in [0, 0.1) is 0 Å². The summed E-state index contributed by atoms with van der Waals surface area (Å²) in [4.78, 5) is 25.1. The third kappa shape index (κ3) is 6.23. The molecule has 116 valence electrons. The summed E-state index contributed by atoms with van der Waals surface area (Å²) >= 11 is 0. The van der Waals surface area contributed by atoms with Crippen molar-refractivity contribution in [1.82, 2.24) is 10.2 Å². The first-order chi connectivity index (χ1) is 9.67. The highest BCUT2D eigenvalue weighted by Gasteiger charge is 2.23. The molecule has 0 saturated carbocycles. The standard InChI is InChI=1S/C14H26N2O4/c1-3-4-10-20-14(18)15-12-5-8-16(9-6-12)13(17)7-11-19-2/h12H,3-11H2,1-2H3,(H,15,18). The maximum Gasteiger partial charge on any atom is 0.407 e. The Morgan fingerprint density at radius 1 is 1.25 bits per heavy atom. The van der Waals surface area contributed by atoms with E-state index in [2.05, 4.69) is 12.2 Å². The van der Waals surface area contributed by atoms with Crippen LogP contribution in [0.25, 0.3) is 0 Å². The molecule has 20 heavy (non-hydrogen) atoms. The average molecular weight is 286 g/mol. The number of alkyl carbamates (subject to hydrolysis) is 1. The molecule has 1 heterocycles. The zero-order chi connectivity index (χ0) is 14.8. The number of ether oxygens (including phenoxy) is 2. The zero-order valence-electron chi connectivity index (χ0n) is 12.5. The number of hydrogen-bond acceptors (Lipinski definition) is 4. The summed E-state index contributed by atoms with van der Waals surface area (Å²) in [5.41, 5.74) is 0. The van der Waals surface area contributed by atoms with Crippen LogP contribution < -0.4 is 5.32 Å². The maximum absolute atomic E-state index is 11.8. The lowest BCUT2D eigenvalue weighted by Crippen LogP contribution is -2.46. The van der Waals surface area contributed by atoms with E-state index in [4.69, 9.17) is 9.47 Å². The van der Waals surface area contributed by atoms with Crippen molar-refractivity contribution >= 4 is 12.0 Å². The van der Waals surface area contributed by atoms with Crippen molar-refractivity contribution in [3.8, 4) is 0 Å². The lowest BCUT2D eigenvalue weighted by Gasteiger charge is -2.32. The molecular weight excluding hydrogens is 260 g/mol. The molecule has 0 aromatic carbocycles. The number of carbonyl (C=O) groups is 2. The van der Waals surface area contributed by atoms with Gasteiger partial charge in [0.15, 0.2) is 0 Å². The van der Waals surface area contributed by atoms with E-state index in [0.29, 0.717) is 32.7 Å². The van der Waals surface area contributed by atoms with Crippen molar-refractivity contribution < 1.29 is 19.1 Å². The van der Waals surface area contributed by atoms with Crippen LogP contribution in [-0.4, -0.2) is 56.4 Å². The summed E-state index contributed by atoms with van der Waals surface area (Å²) < 4.78 is 9.97. The lowest BCUT2D eigenvalue weighted by atomic mass is 10.1. The number of hydrogen-bond donors (Lipinski definition) is 1. The van der Waals surface area contributed by atoms with Crippen molar-refractivity contribution in [1.29, 1.82) is 0 Å². The minimum atomic E-state index is -0.345. The van der Waals surface area contributed by atoms with E-state index in [-0.39, 0.29) is 18.0 Å². The number of nitrogens with one attached hydrogen (secondary N) is 1. The molecule has 0 radical (unpaired) electrons. The molecular formula is C14H26N2O4. The largest absolute Gasteiger partial charge is 0.450 e. The first kappa shape index (κ1) is 16.8. The molecule has 0 aromatic heterocycles. The number of piperidine rings is 1. The molecule has 0 bridgehead atoms. The minimum Gasteiger partial charge on any atom is -0.450 e. The maximum atomic E-state index is 11.8. The summed E-state index contributed by atoms with van der Waals surface area (Å²) in [7, 11) is 1.59. The van der Waals surface area contributed by atoms with Gasteiger partial charge in [-0.1, -0.05) is 13.3 Å². The Labute approximate surface area is 120 Å². The predicted octanol–water partition coefficient (Wildman–Crippen LogP) is 1.54. The smallest absolute Gasteiger partial charge is 0.407 e. The summed E-state index contributed by atoms with van der Waals surface area (Å²) in [6, 6.07) is 0.107. The molecule has 1 aliphatic rings. The zero-order valence-corrected chi connectivity index (χ0v) is 12.5. The van der Waals surface area contributed by atoms with E-state index in [0.717, 1.165) is 25.7 Å². The van der Waals surface area contributed by atoms with Crippen molar-refractivity contribution in [2.24, 2.45) is 0 Å². The molecule has 1 fully saturated rings. The second-order valence-electron chi connectivity index (χ2n) is 5.03. The molecule has 0 atom stereocenters. The van der Waals surface area contributed by atoms with E-state index >= 15 is 0 Å².